The number of aliphatic carboxylic acids is 1. The van der Waals surface area contributed by atoms with E-state index in [1.807, 2.05) is 27.7 Å². The van der Waals surface area contributed by atoms with Crippen molar-refractivity contribution in [3.05, 3.63) is 24.0 Å². The van der Waals surface area contributed by atoms with Crippen molar-refractivity contribution in [1.29, 1.82) is 0 Å². The van der Waals surface area contributed by atoms with Crippen molar-refractivity contribution in [3.63, 3.8) is 0 Å². The predicted molar refractivity (Wildman–Crippen MR) is 76.6 cm³/mol. The number of aromatic nitrogens is 1. The average Bonchev–Trinajstić information content (AvgIpc) is 2.29. The van der Waals surface area contributed by atoms with Gasteiger partial charge in [0.05, 0.1) is 24.0 Å². The van der Waals surface area contributed by atoms with E-state index in [1.165, 1.54) is 6.20 Å². The normalized spacial score (nSPS) is 12.6. The summed E-state index contributed by atoms with van der Waals surface area (Å²) in [6.45, 7) is 8.06. The molecule has 0 radical (unpaired) electrons. The molecular formula is C14H21N3O3. The first kappa shape index (κ1) is 15.9. The average molecular weight is 279 g/mol. The van der Waals surface area contributed by atoms with Gasteiger partial charge >= 0.3 is 12.0 Å². The highest BCUT2D eigenvalue weighted by Gasteiger charge is 2.21. The number of pyridine rings is 1. The summed E-state index contributed by atoms with van der Waals surface area (Å²) in [5.41, 5.74) is 0.949. The summed E-state index contributed by atoms with van der Waals surface area (Å²) in [7, 11) is 0. The molecular weight excluding hydrogens is 258 g/mol. The molecule has 3 N–H and O–H groups in total. The van der Waals surface area contributed by atoms with Gasteiger partial charge < -0.3 is 15.7 Å². The Hall–Kier alpha value is -2.11. The highest BCUT2D eigenvalue weighted by Crippen LogP contribution is 2.18. The van der Waals surface area contributed by atoms with E-state index < -0.39 is 5.97 Å². The van der Waals surface area contributed by atoms with Gasteiger partial charge in [-0.3, -0.25) is 9.78 Å². The highest BCUT2D eigenvalue weighted by molar-refractivity contribution is 5.89. The zero-order valence-corrected chi connectivity index (χ0v) is 12.2. The summed E-state index contributed by atoms with van der Waals surface area (Å²) < 4.78 is 0. The molecule has 20 heavy (non-hydrogen) atoms. The van der Waals surface area contributed by atoms with Crippen LogP contribution >= 0.6 is 0 Å². The van der Waals surface area contributed by atoms with E-state index in [9.17, 15) is 9.59 Å². The second-order valence-electron chi connectivity index (χ2n) is 5.79. The molecule has 1 atom stereocenters. The number of amides is 2. The third kappa shape index (κ3) is 5.26. The summed E-state index contributed by atoms with van der Waals surface area (Å²) in [5, 5.41) is 14.1. The van der Waals surface area contributed by atoms with E-state index in [0.29, 0.717) is 11.4 Å². The van der Waals surface area contributed by atoms with E-state index in [2.05, 4.69) is 15.6 Å². The van der Waals surface area contributed by atoms with Crippen LogP contribution in [0.5, 0.6) is 0 Å². The van der Waals surface area contributed by atoms with Crippen molar-refractivity contribution >= 4 is 17.7 Å². The number of hydrogen-bond acceptors (Lipinski definition) is 3. The van der Waals surface area contributed by atoms with E-state index in [1.54, 1.807) is 12.1 Å². The van der Waals surface area contributed by atoms with Crippen LogP contribution in [0.15, 0.2) is 18.3 Å². The third-order valence-electron chi connectivity index (χ3n) is 3.06. The van der Waals surface area contributed by atoms with Crippen molar-refractivity contribution in [1.82, 2.24) is 10.3 Å². The number of anilines is 1. The standard InChI is InChI=1S/C14H21N3O3/c1-9(14(2,3)4)16-13(20)17-11-6-5-10(15-8-11)7-12(18)19/h5-6,8-9H,7H2,1-4H3,(H,18,19)(H2,16,17,20). The van der Waals surface area contributed by atoms with E-state index in [4.69, 9.17) is 5.11 Å². The van der Waals surface area contributed by atoms with Crippen LogP contribution in [0.2, 0.25) is 0 Å². The van der Waals surface area contributed by atoms with Crippen molar-refractivity contribution in [2.75, 3.05) is 5.32 Å². The summed E-state index contributed by atoms with van der Waals surface area (Å²) in [6.07, 6.45) is 1.31. The number of carboxylic acid groups (broad SMARTS) is 1. The Labute approximate surface area is 118 Å². The Kier molecular flexibility index (Phi) is 5.07. The van der Waals surface area contributed by atoms with Crippen LogP contribution in [0, 0.1) is 5.41 Å². The Morgan fingerprint density at radius 3 is 2.45 bits per heavy atom. The number of hydrogen-bond donors (Lipinski definition) is 3. The van der Waals surface area contributed by atoms with E-state index in [-0.39, 0.29) is 23.9 Å². The fourth-order valence-electron chi connectivity index (χ4n) is 1.34. The van der Waals surface area contributed by atoms with E-state index in [0.717, 1.165) is 0 Å². The van der Waals surface area contributed by atoms with Crippen molar-refractivity contribution in [3.8, 4) is 0 Å². The smallest absolute Gasteiger partial charge is 0.319 e. The molecule has 0 fully saturated rings. The van der Waals surface area contributed by atoms with Gasteiger partial charge in [-0.25, -0.2) is 4.79 Å². The monoisotopic (exact) mass is 279 g/mol. The molecule has 1 heterocycles. The first-order valence-electron chi connectivity index (χ1n) is 6.42. The van der Waals surface area contributed by atoms with Crippen molar-refractivity contribution in [2.45, 2.75) is 40.2 Å². The Balaban J connectivity index is 2.56. The molecule has 6 nitrogen and oxygen atoms in total. The molecule has 0 saturated heterocycles. The molecule has 1 aromatic heterocycles. The van der Waals surface area contributed by atoms with Crippen LogP contribution in [0.25, 0.3) is 0 Å². The number of carbonyl (C=O) groups excluding carboxylic acids is 1. The van der Waals surface area contributed by atoms with Crippen LogP contribution in [0.1, 0.15) is 33.4 Å². The van der Waals surface area contributed by atoms with Crippen LogP contribution in [-0.2, 0) is 11.2 Å². The molecule has 2 amide bonds. The lowest BCUT2D eigenvalue weighted by Crippen LogP contribution is -2.43. The number of nitrogens with one attached hydrogen (secondary N) is 2. The van der Waals surface area contributed by atoms with Crippen LogP contribution < -0.4 is 10.6 Å². The van der Waals surface area contributed by atoms with Gasteiger partial charge in [0.1, 0.15) is 0 Å². The molecule has 0 aliphatic heterocycles. The molecule has 110 valence electrons. The highest BCUT2D eigenvalue weighted by atomic mass is 16.4. The zero-order valence-electron chi connectivity index (χ0n) is 12.2. The SMILES string of the molecule is CC(NC(=O)Nc1ccc(CC(=O)O)nc1)C(C)(C)C. The fourth-order valence-corrected chi connectivity index (χ4v) is 1.34. The zero-order chi connectivity index (χ0) is 15.3. The van der Waals surface area contributed by atoms with Crippen molar-refractivity contribution in [2.24, 2.45) is 5.41 Å². The summed E-state index contributed by atoms with van der Waals surface area (Å²) in [5.74, 6) is -0.935. The van der Waals surface area contributed by atoms with Crippen molar-refractivity contribution < 1.29 is 14.7 Å². The minimum Gasteiger partial charge on any atom is -0.481 e. The van der Waals surface area contributed by atoms with Gasteiger partial charge in [-0.05, 0) is 24.5 Å². The number of nitrogens with zero attached hydrogens (tertiary/aromatic N) is 1. The Morgan fingerprint density at radius 1 is 1.35 bits per heavy atom. The van der Waals surface area contributed by atoms with Gasteiger partial charge in [-0.15, -0.1) is 0 Å². The summed E-state index contributed by atoms with van der Waals surface area (Å²) in [4.78, 5) is 26.3. The quantitative estimate of drug-likeness (QED) is 0.788. The van der Waals surface area contributed by atoms with E-state index >= 15 is 0 Å². The molecule has 0 aliphatic rings. The number of carbonyl (C=O) groups is 2. The van der Waals surface area contributed by atoms with Crippen LogP contribution in [-0.4, -0.2) is 28.1 Å². The maximum absolute atomic E-state index is 11.8. The first-order valence-corrected chi connectivity index (χ1v) is 6.42. The lowest BCUT2D eigenvalue weighted by molar-refractivity contribution is -0.136. The maximum atomic E-state index is 11.8. The number of carboxylic acids is 1. The van der Waals surface area contributed by atoms with Gasteiger partial charge in [-0.1, -0.05) is 20.8 Å². The fraction of sp³-hybridized carbons (Fsp3) is 0.500. The lowest BCUT2D eigenvalue weighted by atomic mass is 9.88. The third-order valence-corrected chi connectivity index (χ3v) is 3.06. The molecule has 0 aromatic carbocycles. The van der Waals surface area contributed by atoms with Gasteiger partial charge in [0.15, 0.2) is 0 Å². The van der Waals surface area contributed by atoms with Gasteiger partial charge in [0, 0.05) is 6.04 Å². The molecule has 1 aromatic rings. The minimum absolute atomic E-state index is 0.0155. The van der Waals surface area contributed by atoms with Gasteiger partial charge in [0.2, 0.25) is 0 Å². The minimum atomic E-state index is -0.935. The topological polar surface area (TPSA) is 91.3 Å². The number of urea groups is 1. The maximum Gasteiger partial charge on any atom is 0.319 e. The predicted octanol–water partition coefficient (Wildman–Crippen LogP) is 2.26. The summed E-state index contributed by atoms with van der Waals surface area (Å²) in [6, 6.07) is 2.92. The first-order chi connectivity index (χ1) is 9.18. The molecule has 1 rings (SSSR count). The Bertz CT molecular complexity index is 477. The molecule has 0 bridgehead atoms. The summed E-state index contributed by atoms with van der Waals surface area (Å²) >= 11 is 0. The van der Waals surface area contributed by atoms with Gasteiger partial charge in [-0.2, -0.15) is 0 Å². The largest absolute Gasteiger partial charge is 0.481 e. The number of rotatable bonds is 4. The molecule has 0 aliphatic carbocycles. The Morgan fingerprint density at radius 2 is 2.00 bits per heavy atom. The molecule has 6 heteroatoms. The second kappa shape index (κ2) is 6.36. The molecule has 1 unspecified atom stereocenters. The van der Waals surface area contributed by atoms with Crippen LogP contribution in [0.4, 0.5) is 10.5 Å². The molecule has 0 saturated carbocycles. The van der Waals surface area contributed by atoms with Gasteiger partial charge in [0.25, 0.3) is 0 Å². The second-order valence-corrected chi connectivity index (χ2v) is 5.79. The molecule has 0 spiro atoms. The van der Waals surface area contributed by atoms with Crippen LogP contribution in [0.3, 0.4) is 0 Å². The lowest BCUT2D eigenvalue weighted by Gasteiger charge is -2.28.